The Balaban J connectivity index is 2.20. The van der Waals surface area contributed by atoms with E-state index in [0.717, 1.165) is 22.5 Å². The Morgan fingerprint density at radius 1 is 1.16 bits per heavy atom. The molecule has 0 aliphatic heterocycles. The molecule has 0 fully saturated rings. The van der Waals surface area contributed by atoms with Gasteiger partial charge in [-0.3, -0.25) is 4.57 Å². The van der Waals surface area contributed by atoms with E-state index in [1.165, 1.54) is 0 Å². The number of ether oxygens (including phenoxy) is 1. The van der Waals surface area contributed by atoms with Gasteiger partial charge in [0.25, 0.3) is 0 Å². The molecule has 3 aromatic rings. The van der Waals surface area contributed by atoms with E-state index in [2.05, 4.69) is 4.98 Å². The summed E-state index contributed by atoms with van der Waals surface area (Å²) in [5.41, 5.74) is 8.62. The van der Waals surface area contributed by atoms with E-state index in [1.807, 2.05) is 41.0 Å². The molecule has 0 aliphatic carbocycles. The van der Waals surface area contributed by atoms with E-state index in [9.17, 15) is 0 Å². The summed E-state index contributed by atoms with van der Waals surface area (Å²) in [4.78, 5) is 4.32. The van der Waals surface area contributed by atoms with E-state index < -0.39 is 0 Å². The van der Waals surface area contributed by atoms with Gasteiger partial charge in [-0.25, -0.2) is 4.98 Å². The predicted molar refractivity (Wildman–Crippen MR) is 77.0 cm³/mol. The molecule has 2 N–H and O–H groups in total. The van der Waals surface area contributed by atoms with Crippen LogP contribution in [0, 0.1) is 0 Å². The van der Waals surface area contributed by atoms with Crippen LogP contribution in [-0.4, -0.2) is 16.7 Å². The van der Waals surface area contributed by atoms with Crippen molar-refractivity contribution < 1.29 is 4.74 Å². The number of nitrogens with zero attached hydrogens (tertiary/aromatic N) is 2. The van der Waals surface area contributed by atoms with E-state index in [-0.39, 0.29) is 0 Å². The summed E-state index contributed by atoms with van der Waals surface area (Å²) in [6.07, 6.45) is 0. The van der Waals surface area contributed by atoms with Crippen molar-refractivity contribution in [3.8, 4) is 11.4 Å². The number of aromatic nitrogens is 2. The van der Waals surface area contributed by atoms with Crippen LogP contribution >= 0.6 is 11.6 Å². The molecule has 96 valence electrons. The SMILES string of the molecule is COc1ccc(-n2c(N)nc3cc(Cl)ccc32)cc1. The summed E-state index contributed by atoms with van der Waals surface area (Å²) in [5, 5.41) is 0.645. The third kappa shape index (κ3) is 2.00. The van der Waals surface area contributed by atoms with Crippen LogP contribution in [0.15, 0.2) is 42.5 Å². The zero-order chi connectivity index (χ0) is 13.4. The molecule has 4 nitrogen and oxygen atoms in total. The van der Waals surface area contributed by atoms with Crippen LogP contribution in [0.3, 0.4) is 0 Å². The highest BCUT2D eigenvalue weighted by Gasteiger charge is 2.10. The number of hydrogen-bond donors (Lipinski definition) is 1. The number of imidazole rings is 1. The molecule has 1 heterocycles. The molecule has 0 aliphatic rings. The van der Waals surface area contributed by atoms with Crippen molar-refractivity contribution in [3.05, 3.63) is 47.5 Å². The Labute approximate surface area is 115 Å². The van der Waals surface area contributed by atoms with Crippen LogP contribution in [-0.2, 0) is 0 Å². The number of fused-ring (bicyclic) bond motifs is 1. The molecular weight excluding hydrogens is 262 g/mol. The summed E-state index contributed by atoms with van der Waals surface area (Å²) >= 11 is 5.96. The lowest BCUT2D eigenvalue weighted by Crippen LogP contribution is -2.00. The topological polar surface area (TPSA) is 53.1 Å². The monoisotopic (exact) mass is 273 g/mol. The second kappa shape index (κ2) is 4.48. The van der Waals surface area contributed by atoms with E-state index in [0.29, 0.717) is 11.0 Å². The van der Waals surface area contributed by atoms with Crippen LogP contribution in [0.4, 0.5) is 5.95 Å². The third-order valence-corrected chi connectivity index (χ3v) is 3.21. The number of methoxy groups -OCH3 is 1. The van der Waals surface area contributed by atoms with Crippen LogP contribution in [0.2, 0.25) is 5.02 Å². The predicted octanol–water partition coefficient (Wildman–Crippen LogP) is 3.27. The Kier molecular flexibility index (Phi) is 2.80. The van der Waals surface area contributed by atoms with Gasteiger partial charge < -0.3 is 10.5 Å². The molecule has 5 heteroatoms. The fraction of sp³-hybridized carbons (Fsp3) is 0.0714. The number of nitrogens with two attached hydrogens (primary N) is 1. The first-order valence-corrected chi connectivity index (χ1v) is 6.15. The molecule has 3 rings (SSSR count). The summed E-state index contributed by atoms with van der Waals surface area (Å²) in [7, 11) is 1.64. The van der Waals surface area contributed by atoms with Gasteiger partial charge in [0.05, 0.1) is 18.1 Å². The smallest absolute Gasteiger partial charge is 0.205 e. The van der Waals surface area contributed by atoms with Gasteiger partial charge in [-0.2, -0.15) is 0 Å². The van der Waals surface area contributed by atoms with Crippen molar-refractivity contribution in [2.45, 2.75) is 0 Å². The molecule has 0 bridgehead atoms. The largest absolute Gasteiger partial charge is 0.497 e. The number of anilines is 1. The second-order valence-corrected chi connectivity index (χ2v) is 4.57. The van der Waals surface area contributed by atoms with Crippen molar-refractivity contribution in [2.24, 2.45) is 0 Å². The lowest BCUT2D eigenvalue weighted by atomic mass is 10.2. The van der Waals surface area contributed by atoms with E-state index in [1.54, 1.807) is 13.2 Å². The van der Waals surface area contributed by atoms with Gasteiger partial charge in [-0.15, -0.1) is 0 Å². The van der Waals surface area contributed by atoms with Gasteiger partial charge in [0.2, 0.25) is 5.95 Å². The van der Waals surface area contributed by atoms with Crippen molar-refractivity contribution in [3.63, 3.8) is 0 Å². The first kappa shape index (κ1) is 11.9. The van der Waals surface area contributed by atoms with Crippen molar-refractivity contribution in [1.82, 2.24) is 9.55 Å². The number of hydrogen-bond acceptors (Lipinski definition) is 3. The average molecular weight is 274 g/mol. The molecule has 0 unspecified atom stereocenters. The Hall–Kier alpha value is -2.20. The molecule has 19 heavy (non-hydrogen) atoms. The molecule has 2 aromatic carbocycles. The highest BCUT2D eigenvalue weighted by atomic mass is 35.5. The maximum atomic E-state index is 5.98. The molecule has 1 aromatic heterocycles. The van der Waals surface area contributed by atoms with Gasteiger partial charge in [0, 0.05) is 10.7 Å². The van der Waals surface area contributed by atoms with E-state index in [4.69, 9.17) is 22.1 Å². The molecule has 0 radical (unpaired) electrons. The van der Waals surface area contributed by atoms with E-state index >= 15 is 0 Å². The minimum atomic E-state index is 0.433. The minimum absolute atomic E-state index is 0.433. The number of benzene rings is 2. The number of rotatable bonds is 2. The first-order valence-electron chi connectivity index (χ1n) is 5.77. The lowest BCUT2D eigenvalue weighted by molar-refractivity contribution is 0.415. The molecular formula is C14H12ClN3O. The normalized spacial score (nSPS) is 10.8. The van der Waals surface area contributed by atoms with Crippen LogP contribution in [0.1, 0.15) is 0 Å². The fourth-order valence-electron chi connectivity index (χ4n) is 2.07. The first-order chi connectivity index (χ1) is 9.19. The molecule has 0 amide bonds. The fourth-order valence-corrected chi connectivity index (χ4v) is 2.24. The molecule has 0 atom stereocenters. The van der Waals surface area contributed by atoms with Gasteiger partial charge >= 0.3 is 0 Å². The summed E-state index contributed by atoms with van der Waals surface area (Å²) in [6.45, 7) is 0. The quantitative estimate of drug-likeness (QED) is 0.780. The minimum Gasteiger partial charge on any atom is -0.497 e. The molecule has 0 saturated heterocycles. The van der Waals surface area contributed by atoms with Crippen LogP contribution < -0.4 is 10.5 Å². The van der Waals surface area contributed by atoms with Crippen molar-refractivity contribution >= 4 is 28.6 Å². The average Bonchev–Trinajstić information content (AvgIpc) is 2.74. The van der Waals surface area contributed by atoms with Gasteiger partial charge in [-0.05, 0) is 42.5 Å². The zero-order valence-electron chi connectivity index (χ0n) is 10.3. The summed E-state index contributed by atoms with van der Waals surface area (Å²) in [6, 6.07) is 13.2. The van der Waals surface area contributed by atoms with Crippen LogP contribution in [0.25, 0.3) is 16.7 Å². The summed E-state index contributed by atoms with van der Waals surface area (Å²) < 4.78 is 7.03. The third-order valence-electron chi connectivity index (χ3n) is 2.97. The Morgan fingerprint density at radius 2 is 1.89 bits per heavy atom. The highest BCUT2D eigenvalue weighted by molar-refractivity contribution is 6.31. The molecule has 0 spiro atoms. The van der Waals surface area contributed by atoms with Crippen LogP contribution in [0.5, 0.6) is 5.75 Å². The number of nitrogen functional groups attached to an aromatic ring is 1. The van der Waals surface area contributed by atoms with Crippen molar-refractivity contribution in [1.29, 1.82) is 0 Å². The molecule has 0 saturated carbocycles. The van der Waals surface area contributed by atoms with Crippen molar-refractivity contribution in [2.75, 3.05) is 12.8 Å². The summed E-state index contributed by atoms with van der Waals surface area (Å²) in [5.74, 6) is 1.23. The number of halogens is 1. The Morgan fingerprint density at radius 3 is 2.58 bits per heavy atom. The second-order valence-electron chi connectivity index (χ2n) is 4.14. The maximum absolute atomic E-state index is 5.98. The Bertz CT molecular complexity index is 734. The van der Waals surface area contributed by atoms with Gasteiger partial charge in [-0.1, -0.05) is 11.6 Å². The zero-order valence-corrected chi connectivity index (χ0v) is 11.1. The lowest BCUT2D eigenvalue weighted by Gasteiger charge is -2.07. The highest BCUT2D eigenvalue weighted by Crippen LogP contribution is 2.26. The maximum Gasteiger partial charge on any atom is 0.205 e. The standard InChI is InChI=1S/C14H12ClN3O/c1-19-11-5-3-10(4-6-11)18-13-7-2-9(15)8-12(13)17-14(18)16/h2-8H,1H3,(H2,16,17). The van der Waals surface area contributed by atoms with Gasteiger partial charge in [0.15, 0.2) is 0 Å². The van der Waals surface area contributed by atoms with Gasteiger partial charge in [0.1, 0.15) is 5.75 Å².